The summed E-state index contributed by atoms with van der Waals surface area (Å²) in [6, 6.07) is 6.24. The van der Waals surface area contributed by atoms with Crippen molar-refractivity contribution in [3.8, 4) is 0 Å². The van der Waals surface area contributed by atoms with Gasteiger partial charge in [-0.1, -0.05) is 6.92 Å². The largest absolute Gasteiger partial charge is 0.384 e. The molecule has 0 fully saturated rings. The summed E-state index contributed by atoms with van der Waals surface area (Å²) in [5.41, 5.74) is 3.23. The van der Waals surface area contributed by atoms with Crippen LogP contribution in [0.15, 0.2) is 18.2 Å². The zero-order valence-corrected chi connectivity index (χ0v) is 10.8. The van der Waals surface area contributed by atoms with Crippen molar-refractivity contribution in [1.82, 2.24) is 4.90 Å². The van der Waals surface area contributed by atoms with Crippen molar-refractivity contribution >= 4 is 11.6 Å². The number of amides is 1. The van der Waals surface area contributed by atoms with Gasteiger partial charge in [-0.15, -0.1) is 0 Å². The van der Waals surface area contributed by atoms with Crippen LogP contribution >= 0.6 is 0 Å². The van der Waals surface area contributed by atoms with E-state index in [9.17, 15) is 4.79 Å². The monoisotopic (exact) mass is 232 g/mol. The van der Waals surface area contributed by atoms with Gasteiger partial charge in [-0.05, 0) is 43.5 Å². The molecule has 0 radical (unpaired) electrons. The molecular weight excluding hydrogens is 212 g/mol. The molecule has 0 bridgehead atoms. The van der Waals surface area contributed by atoms with Gasteiger partial charge in [-0.3, -0.25) is 4.79 Å². The number of benzene rings is 1. The molecule has 1 aliphatic heterocycles. The zero-order valence-electron chi connectivity index (χ0n) is 10.8. The lowest BCUT2D eigenvalue weighted by Gasteiger charge is -2.24. The van der Waals surface area contributed by atoms with Crippen molar-refractivity contribution < 1.29 is 4.79 Å². The van der Waals surface area contributed by atoms with Crippen LogP contribution in [0.2, 0.25) is 0 Å². The molecule has 1 heterocycles. The van der Waals surface area contributed by atoms with E-state index in [0.29, 0.717) is 0 Å². The number of hydrogen-bond donors (Lipinski definition) is 1. The number of fused-ring (bicyclic) bond motifs is 1. The molecule has 1 unspecified atom stereocenters. The van der Waals surface area contributed by atoms with E-state index in [1.165, 1.54) is 11.3 Å². The molecule has 17 heavy (non-hydrogen) atoms. The highest BCUT2D eigenvalue weighted by Crippen LogP contribution is 2.23. The molecule has 0 saturated heterocycles. The fourth-order valence-corrected chi connectivity index (χ4v) is 2.12. The van der Waals surface area contributed by atoms with Gasteiger partial charge in [0.1, 0.15) is 0 Å². The Labute approximate surface area is 103 Å². The Morgan fingerprint density at radius 3 is 3.00 bits per heavy atom. The molecule has 2 rings (SSSR count). The summed E-state index contributed by atoms with van der Waals surface area (Å²) in [7, 11) is 1.88. The normalized spacial score (nSPS) is 15.0. The van der Waals surface area contributed by atoms with E-state index in [-0.39, 0.29) is 11.9 Å². The minimum atomic E-state index is 0.119. The molecule has 3 heteroatoms. The average Bonchev–Trinajstić information content (AvgIpc) is 2.83. The van der Waals surface area contributed by atoms with Crippen molar-refractivity contribution in [3.63, 3.8) is 0 Å². The molecule has 1 aromatic rings. The summed E-state index contributed by atoms with van der Waals surface area (Å²) in [4.78, 5) is 14.1. The first kappa shape index (κ1) is 12.0. The second-order valence-electron chi connectivity index (χ2n) is 4.72. The SMILES string of the molecule is CCC(C)N(C)C(=O)c1ccc2c(c1)CCN2. The van der Waals surface area contributed by atoms with Gasteiger partial charge in [0.05, 0.1) is 0 Å². The van der Waals surface area contributed by atoms with Gasteiger partial charge in [-0.25, -0.2) is 0 Å². The second-order valence-corrected chi connectivity index (χ2v) is 4.72. The highest BCUT2D eigenvalue weighted by molar-refractivity contribution is 5.95. The Bertz CT molecular complexity index is 428. The molecule has 92 valence electrons. The lowest BCUT2D eigenvalue weighted by Crippen LogP contribution is -2.34. The van der Waals surface area contributed by atoms with Crippen LogP contribution in [0.1, 0.15) is 36.2 Å². The lowest BCUT2D eigenvalue weighted by molar-refractivity contribution is 0.0740. The molecule has 1 N–H and O–H groups in total. The highest BCUT2D eigenvalue weighted by Gasteiger charge is 2.18. The smallest absolute Gasteiger partial charge is 0.253 e. The maximum absolute atomic E-state index is 12.3. The van der Waals surface area contributed by atoms with E-state index in [1.54, 1.807) is 0 Å². The van der Waals surface area contributed by atoms with Crippen molar-refractivity contribution in [3.05, 3.63) is 29.3 Å². The minimum absolute atomic E-state index is 0.119. The van der Waals surface area contributed by atoms with Gasteiger partial charge in [0.15, 0.2) is 0 Å². The third-order valence-electron chi connectivity index (χ3n) is 3.63. The molecule has 0 aliphatic carbocycles. The van der Waals surface area contributed by atoms with Crippen LogP contribution in [0, 0.1) is 0 Å². The van der Waals surface area contributed by atoms with Crippen LogP contribution in [0.5, 0.6) is 0 Å². The number of carbonyl (C=O) groups is 1. The van der Waals surface area contributed by atoms with Crippen molar-refractivity contribution in [2.45, 2.75) is 32.7 Å². The van der Waals surface area contributed by atoms with Crippen LogP contribution in [0.3, 0.4) is 0 Å². The van der Waals surface area contributed by atoms with Crippen LogP contribution in [-0.2, 0) is 6.42 Å². The van der Waals surface area contributed by atoms with Crippen molar-refractivity contribution in [2.75, 3.05) is 18.9 Å². The number of nitrogens with one attached hydrogen (secondary N) is 1. The number of rotatable bonds is 3. The summed E-state index contributed by atoms with van der Waals surface area (Å²) in [6.45, 7) is 5.15. The van der Waals surface area contributed by atoms with E-state index in [0.717, 1.165) is 24.9 Å². The third-order valence-corrected chi connectivity index (χ3v) is 3.63. The first-order valence-corrected chi connectivity index (χ1v) is 6.27. The molecule has 0 spiro atoms. The van der Waals surface area contributed by atoms with Crippen molar-refractivity contribution in [1.29, 1.82) is 0 Å². The standard InChI is InChI=1S/C14H20N2O/c1-4-10(2)16(3)14(17)12-5-6-13-11(9-12)7-8-15-13/h5-6,9-10,15H,4,7-8H2,1-3H3. The van der Waals surface area contributed by atoms with Crippen LogP contribution in [0.25, 0.3) is 0 Å². The summed E-state index contributed by atoms with van der Waals surface area (Å²) in [6.07, 6.45) is 2.00. The van der Waals surface area contributed by atoms with Crippen LogP contribution in [0.4, 0.5) is 5.69 Å². The Balaban J connectivity index is 2.20. The van der Waals surface area contributed by atoms with Gasteiger partial charge in [0, 0.05) is 30.9 Å². The van der Waals surface area contributed by atoms with Gasteiger partial charge in [0.2, 0.25) is 0 Å². The summed E-state index contributed by atoms with van der Waals surface area (Å²) < 4.78 is 0. The Kier molecular flexibility index (Phi) is 3.36. The molecule has 3 nitrogen and oxygen atoms in total. The molecule has 1 atom stereocenters. The molecule has 1 aromatic carbocycles. The molecule has 0 aromatic heterocycles. The predicted molar refractivity (Wildman–Crippen MR) is 70.5 cm³/mol. The summed E-state index contributed by atoms with van der Waals surface area (Å²) in [5, 5.41) is 3.30. The predicted octanol–water partition coefficient (Wildman–Crippen LogP) is 2.53. The Morgan fingerprint density at radius 2 is 2.29 bits per heavy atom. The Morgan fingerprint density at radius 1 is 1.53 bits per heavy atom. The molecule has 1 amide bonds. The number of carbonyl (C=O) groups excluding carboxylic acids is 1. The van der Waals surface area contributed by atoms with E-state index >= 15 is 0 Å². The average molecular weight is 232 g/mol. The first-order valence-electron chi connectivity index (χ1n) is 6.27. The quantitative estimate of drug-likeness (QED) is 0.868. The van der Waals surface area contributed by atoms with E-state index in [4.69, 9.17) is 0 Å². The third kappa shape index (κ3) is 2.28. The first-order chi connectivity index (χ1) is 8.13. The van der Waals surface area contributed by atoms with E-state index in [1.807, 2.05) is 30.1 Å². The fraction of sp³-hybridized carbons (Fsp3) is 0.500. The maximum Gasteiger partial charge on any atom is 0.253 e. The summed E-state index contributed by atoms with van der Waals surface area (Å²) >= 11 is 0. The second kappa shape index (κ2) is 4.78. The number of hydrogen-bond acceptors (Lipinski definition) is 2. The van der Waals surface area contributed by atoms with Gasteiger partial charge < -0.3 is 10.2 Å². The van der Waals surface area contributed by atoms with Crippen LogP contribution < -0.4 is 5.32 Å². The van der Waals surface area contributed by atoms with Crippen LogP contribution in [-0.4, -0.2) is 30.4 Å². The fourth-order valence-electron chi connectivity index (χ4n) is 2.12. The van der Waals surface area contributed by atoms with E-state index in [2.05, 4.69) is 19.2 Å². The Hall–Kier alpha value is -1.51. The topological polar surface area (TPSA) is 32.3 Å². The molecule has 1 aliphatic rings. The van der Waals surface area contributed by atoms with Crippen molar-refractivity contribution in [2.24, 2.45) is 0 Å². The van der Waals surface area contributed by atoms with Gasteiger partial charge >= 0.3 is 0 Å². The maximum atomic E-state index is 12.3. The zero-order chi connectivity index (χ0) is 12.4. The van der Waals surface area contributed by atoms with Gasteiger partial charge in [-0.2, -0.15) is 0 Å². The molecular formula is C14H20N2O. The summed E-state index contributed by atoms with van der Waals surface area (Å²) in [5.74, 6) is 0.119. The van der Waals surface area contributed by atoms with E-state index < -0.39 is 0 Å². The van der Waals surface area contributed by atoms with Gasteiger partial charge in [0.25, 0.3) is 5.91 Å². The molecule has 0 saturated carbocycles. The highest BCUT2D eigenvalue weighted by atomic mass is 16.2. The number of nitrogens with zero attached hydrogens (tertiary/aromatic N) is 1. The lowest BCUT2D eigenvalue weighted by atomic mass is 10.1. The number of anilines is 1. The minimum Gasteiger partial charge on any atom is -0.384 e.